The van der Waals surface area contributed by atoms with Crippen LogP contribution >= 0.6 is 12.4 Å². The molecule has 0 aromatic heterocycles. The number of rotatable bonds is 9. The number of nitrogens with zero attached hydrogens (tertiary/aromatic N) is 1. The minimum absolute atomic E-state index is 0. The van der Waals surface area contributed by atoms with E-state index in [1.165, 1.54) is 25.5 Å². The van der Waals surface area contributed by atoms with Gasteiger partial charge in [0.1, 0.15) is 12.4 Å². The second-order valence-corrected chi connectivity index (χ2v) is 6.88. The highest BCUT2D eigenvalue weighted by atomic mass is 35.5. The monoisotopic (exact) mass is 408 g/mol. The molecule has 154 valence electrons. The Balaban J connectivity index is 0.00000280. The summed E-state index contributed by atoms with van der Waals surface area (Å²) in [5.41, 5.74) is 1.55. The molecule has 1 saturated heterocycles. The van der Waals surface area contributed by atoms with Crippen molar-refractivity contribution >= 4 is 12.4 Å². The summed E-state index contributed by atoms with van der Waals surface area (Å²) in [6, 6.07) is 13.1. The lowest BCUT2D eigenvalue weighted by Crippen LogP contribution is -2.37. The lowest BCUT2D eigenvalue weighted by molar-refractivity contribution is 0.257. The fourth-order valence-corrected chi connectivity index (χ4v) is 3.71. The highest BCUT2D eigenvalue weighted by Crippen LogP contribution is 2.32. The molecule has 2 aromatic rings. The van der Waals surface area contributed by atoms with Gasteiger partial charge in [-0.05, 0) is 38.1 Å². The molecule has 1 fully saturated rings. The fourth-order valence-electron chi connectivity index (χ4n) is 3.71. The third-order valence-corrected chi connectivity index (χ3v) is 5.21. The number of likely N-dealkylation sites (N-methyl/N-ethyl adjacent to an activating group) is 1. The number of likely N-dealkylation sites (tertiary alicyclic amines) is 1. The molecule has 2 aromatic carbocycles. The van der Waals surface area contributed by atoms with Crippen LogP contribution in [0.1, 0.15) is 30.9 Å². The van der Waals surface area contributed by atoms with Gasteiger partial charge < -0.3 is 14.8 Å². The summed E-state index contributed by atoms with van der Waals surface area (Å²) in [6.45, 7) is 6.33. The smallest absolute Gasteiger partial charge is 0.166 e. The van der Waals surface area contributed by atoms with Crippen molar-refractivity contribution in [3.63, 3.8) is 0 Å². The fraction of sp³-hybridized carbons (Fsp3) is 0.455. The van der Waals surface area contributed by atoms with Crippen molar-refractivity contribution in [3.8, 4) is 11.5 Å². The third-order valence-electron chi connectivity index (χ3n) is 5.21. The van der Waals surface area contributed by atoms with Crippen molar-refractivity contribution < 1.29 is 13.9 Å². The van der Waals surface area contributed by atoms with E-state index in [9.17, 15) is 4.39 Å². The summed E-state index contributed by atoms with van der Waals surface area (Å²) >= 11 is 0. The Morgan fingerprint density at radius 3 is 2.68 bits per heavy atom. The van der Waals surface area contributed by atoms with Crippen LogP contribution in [0.5, 0.6) is 11.5 Å². The Bertz CT molecular complexity index is 744. The van der Waals surface area contributed by atoms with Gasteiger partial charge in [0.15, 0.2) is 11.5 Å². The minimum Gasteiger partial charge on any atom is -0.493 e. The summed E-state index contributed by atoms with van der Waals surface area (Å²) in [5, 5.41) is 3.56. The van der Waals surface area contributed by atoms with Crippen LogP contribution in [0, 0.1) is 5.82 Å². The number of para-hydroxylation sites is 1. The molecule has 1 atom stereocenters. The highest BCUT2D eigenvalue weighted by Gasteiger charge is 2.22. The summed E-state index contributed by atoms with van der Waals surface area (Å²) < 4.78 is 25.3. The second kappa shape index (κ2) is 11.2. The van der Waals surface area contributed by atoms with E-state index >= 15 is 0 Å². The highest BCUT2D eigenvalue weighted by molar-refractivity contribution is 5.85. The molecule has 1 aliphatic heterocycles. The molecule has 0 bridgehead atoms. The first kappa shape index (κ1) is 22.5. The average Bonchev–Trinajstić information content (AvgIpc) is 3.15. The Labute approximate surface area is 173 Å². The van der Waals surface area contributed by atoms with Crippen LogP contribution < -0.4 is 14.8 Å². The van der Waals surface area contributed by atoms with Gasteiger partial charge >= 0.3 is 0 Å². The largest absolute Gasteiger partial charge is 0.493 e. The first-order valence-corrected chi connectivity index (χ1v) is 9.69. The van der Waals surface area contributed by atoms with Crippen molar-refractivity contribution in [2.24, 2.45) is 0 Å². The lowest BCUT2D eigenvalue weighted by atomic mass is 10.1. The van der Waals surface area contributed by atoms with Crippen LogP contribution in [-0.2, 0) is 13.2 Å². The number of methoxy groups -OCH3 is 1. The lowest BCUT2D eigenvalue weighted by Gasteiger charge is -2.23. The number of hydrogen-bond acceptors (Lipinski definition) is 4. The van der Waals surface area contributed by atoms with Crippen molar-refractivity contribution in [2.75, 3.05) is 26.7 Å². The van der Waals surface area contributed by atoms with Crippen molar-refractivity contribution in [1.29, 1.82) is 0 Å². The number of ether oxygens (including phenoxy) is 2. The topological polar surface area (TPSA) is 33.7 Å². The molecule has 0 amide bonds. The molecular formula is C22H30ClFN2O2. The van der Waals surface area contributed by atoms with Gasteiger partial charge in [-0.3, -0.25) is 4.90 Å². The Morgan fingerprint density at radius 1 is 1.14 bits per heavy atom. The zero-order valence-corrected chi connectivity index (χ0v) is 17.4. The second-order valence-electron chi connectivity index (χ2n) is 6.88. The summed E-state index contributed by atoms with van der Waals surface area (Å²) in [6.07, 6.45) is 2.52. The number of nitrogens with one attached hydrogen (secondary N) is 1. The van der Waals surface area contributed by atoms with E-state index in [-0.39, 0.29) is 24.8 Å². The predicted molar refractivity (Wildman–Crippen MR) is 113 cm³/mol. The van der Waals surface area contributed by atoms with E-state index in [0.29, 0.717) is 29.6 Å². The minimum atomic E-state index is -0.257. The summed E-state index contributed by atoms with van der Waals surface area (Å²) in [7, 11) is 1.63. The SMILES string of the molecule is CCN1CCCC1CNCc1cccc(OC)c1OCc1ccccc1F.Cl. The van der Waals surface area contributed by atoms with E-state index < -0.39 is 0 Å². The summed E-state index contributed by atoms with van der Waals surface area (Å²) in [5.74, 6) is 1.09. The van der Waals surface area contributed by atoms with Gasteiger partial charge in [-0.2, -0.15) is 0 Å². The standard InChI is InChI=1S/C22H29FN2O2.ClH/c1-3-25-13-7-10-19(25)15-24-14-17-9-6-12-21(26-2)22(17)27-16-18-8-4-5-11-20(18)23;/h4-6,8-9,11-12,19,24H,3,7,10,13-16H2,1-2H3;1H. The van der Waals surface area contributed by atoms with E-state index in [1.54, 1.807) is 19.2 Å². The van der Waals surface area contributed by atoms with Gasteiger partial charge in [-0.15, -0.1) is 12.4 Å². The number of hydrogen-bond donors (Lipinski definition) is 1. The predicted octanol–water partition coefficient (Wildman–Crippen LogP) is 4.41. The van der Waals surface area contributed by atoms with Gasteiger partial charge in [0.25, 0.3) is 0 Å². The Kier molecular flexibility index (Phi) is 9.03. The first-order valence-electron chi connectivity index (χ1n) is 9.69. The maximum Gasteiger partial charge on any atom is 0.166 e. The molecule has 6 heteroatoms. The van der Waals surface area contributed by atoms with Gasteiger partial charge in [-0.25, -0.2) is 4.39 Å². The Hall–Kier alpha value is -1.82. The van der Waals surface area contributed by atoms with Gasteiger partial charge in [-0.1, -0.05) is 37.3 Å². The van der Waals surface area contributed by atoms with Crippen LogP contribution in [0.4, 0.5) is 4.39 Å². The third kappa shape index (κ3) is 5.60. The number of benzene rings is 2. The van der Waals surface area contributed by atoms with Crippen LogP contribution in [-0.4, -0.2) is 37.7 Å². The molecule has 0 aliphatic carbocycles. The molecule has 0 spiro atoms. The molecule has 1 heterocycles. The average molecular weight is 409 g/mol. The van der Waals surface area contributed by atoms with Crippen molar-refractivity contribution in [1.82, 2.24) is 10.2 Å². The Morgan fingerprint density at radius 2 is 1.93 bits per heavy atom. The van der Waals surface area contributed by atoms with Gasteiger partial charge in [0, 0.05) is 30.3 Å². The maximum atomic E-state index is 13.9. The molecule has 1 unspecified atom stereocenters. The van der Waals surface area contributed by atoms with Crippen molar-refractivity contribution in [2.45, 2.75) is 39.0 Å². The first-order chi connectivity index (χ1) is 13.2. The number of halogens is 2. The van der Waals surface area contributed by atoms with Gasteiger partial charge in [0.05, 0.1) is 7.11 Å². The van der Waals surface area contributed by atoms with E-state index in [1.807, 2.05) is 24.3 Å². The van der Waals surface area contributed by atoms with Crippen LogP contribution in [0.2, 0.25) is 0 Å². The molecule has 28 heavy (non-hydrogen) atoms. The zero-order chi connectivity index (χ0) is 19.1. The zero-order valence-electron chi connectivity index (χ0n) is 16.6. The molecule has 1 aliphatic rings. The van der Waals surface area contributed by atoms with Crippen LogP contribution in [0.15, 0.2) is 42.5 Å². The quantitative estimate of drug-likeness (QED) is 0.666. The van der Waals surface area contributed by atoms with E-state index in [4.69, 9.17) is 9.47 Å². The molecule has 0 saturated carbocycles. The maximum absolute atomic E-state index is 13.9. The van der Waals surface area contributed by atoms with Crippen molar-refractivity contribution in [3.05, 3.63) is 59.4 Å². The molecule has 4 nitrogen and oxygen atoms in total. The van der Waals surface area contributed by atoms with E-state index in [2.05, 4.69) is 17.1 Å². The van der Waals surface area contributed by atoms with Gasteiger partial charge in [0.2, 0.25) is 0 Å². The van der Waals surface area contributed by atoms with Crippen LogP contribution in [0.25, 0.3) is 0 Å². The molecule has 3 rings (SSSR count). The van der Waals surface area contributed by atoms with E-state index in [0.717, 1.165) is 18.7 Å². The molecular weight excluding hydrogens is 379 g/mol. The molecule has 1 N–H and O–H groups in total. The molecule has 0 radical (unpaired) electrons. The van der Waals surface area contributed by atoms with Crippen LogP contribution in [0.3, 0.4) is 0 Å². The normalized spacial score (nSPS) is 16.6. The summed E-state index contributed by atoms with van der Waals surface area (Å²) in [4.78, 5) is 2.52.